The van der Waals surface area contributed by atoms with Crippen molar-refractivity contribution in [3.8, 4) is 0 Å². The van der Waals surface area contributed by atoms with Crippen LogP contribution in [0, 0.1) is 15.9 Å². The molecule has 1 amide bonds. The van der Waals surface area contributed by atoms with Gasteiger partial charge in [0.05, 0.1) is 4.92 Å². The zero-order valence-electron chi connectivity index (χ0n) is 7.69. The molecule has 1 N–H and O–H groups in total. The smallest absolute Gasteiger partial charge is 0.296 e. The van der Waals surface area contributed by atoms with E-state index in [1.807, 2.05) is 0 Å². The third-order valence-corrected chi connectivity index (χ3v) is 1.99. The maximum Gasteiger partial charge on any atom is 0.305 e. The van der Waals surface area contributed by atoms with Crippen molar-refractivity contribution in [2.45, 2.75) is 0 Å². The number of carbonyl (C=O) groups excluding carboxylic acids is 1. The Labute approximate surface area is 88.9 Å². The van der Waals surface area contributed by atoms with Crippen molar-refractivity contribution < 1.29 is 14.1 Å². The highest BCUT2D eigenvalue weighted by atomic mass is 32.2. The molecule has 0 bridgehead atoms. The number of halogens is 1. The van der Waals surface area contributed by atoms with E-state index in [1.54, 1.807) is 6.26 Å². The van der Waals surface area contributed by atoms with Crippen molar-refractivity contribution in [3.63, 3.8) is 0 Å². The molecule has 0 atom stereocenters. The molecule has 80 valence electrons. The van der Waals surface area contributed by atoms with Crippen molar-refractivity contribution >= 4 is 23.5 Å². The van der Waals surface area contributed by atoms with E-state index in [0.29, 0.717) is 0 Å². The summed E-state index contributed by atoms with van der Waals surface area (Å²) in [5, 5.41) is 10.4. The van der Waals surface area contributed by atoms with Gasteiger partial charge in [0.1, 0.15) is 0 Å². The van der Waals surface area contributed by atoms with Crippen LogP contribution in [-0.2, 0) is 0 Å². The zero-order valence-corrected chi connectivity index (χ0v) is 8.51. The Hall–Kier alpha value is -1.63. The van der Waals surface area contributed by atoms with Crippen LogP contribution in [0.15, 0.2) is 18.2 Å². The third-order valence-electron chi connectivity index (χ3n) is 1.60. The predicted molar refractivity (Wildman–Crippen MR) is 54.0 cm³/mol. The van der Waals surface area contributed by atoms with Gasteiger partial charge in [-0.3, -0.25) is 19.6 Å². The summed E-state index contributed by atoms with van der Waals surface area (Å²) in [7, 11) is 0. The number of carbonyl (C=O) groups is 1. The molecule has 0 unspecified atom stereocenters. The summed E-state index contributed by atoms with van der Waals surface area (Å²) >= 11 is 1.06. The van der Waals surface area contributed by atoms with Crippen LogP contribution in [0.5, 0.6) is 0 Å². The van der Waals surface area contributed by atoms with Crippen LogP contribution in [0.1, 0.15) is 10.4 Å². The number of nitro benzene ring substituents is 1. The quantitative estimate of drug-likeness (QED) is 0.487. The number of benzene rings is 1. The number of nitrogens with one attached hydrogen (secondary N) is 1. The molecular weight excluding hydrogens is 223 g/mol. The zero-order chi connectivity index (χ0) is 11.4. The summed E-state index contributed by atoms with van der Waals surface area (Å²) in [6, 6.07) is 2.99. The van der Waals surface area contributed by atoms with Crippen LogP contribution >= 0.6 is 11.9 Å². The van der Waals surface area contributed by atoms with E-state index >= 15 is 0 Å². The second-order valence-corrected chi connectivity index (χ2v) is 3.17. The van der Waals surface area contributed by atoms with Crippen LogP contribution in [0.2, 0.25) is 0 Å². The van der Waals surface area contributed by atoms with Crippen molar-refractivity contribution in [1.29, 1.82) is 0 Å². The molecule has 0 radical (unpaired) electrons. The summed E-state index contributed by atoms with van der Waals surface area (Å²) in [5.74, 6) is -1.45. The van der Waals surface area contributed by atoms with Crippen molar-refractivity contribution in [3.05, 3.63) is 39.7 Å². The molecule has 0 saturated heterocycles. The van der Waals surface area contributed by atoms with Gasteiger partial charge in [-0.15, -0.1) is 0 Å². The van der Waals surface area contributed by atoms with Crippen molar-refractivity contribution in [2.24, 2.45) is 0 Å². The Bertz CT molecular complexity index is 411. The largest absolute Gasteiger partial charge is 0.305 e. The van der Waals surface area contributed by atoms with Crippen LogP contribution in [0.25, 0.3) is 0 Å². The lowest BCUT2D eigenvalue weighted by atomic mass is 10.2. The average Bonchev–Trinajstić information content (AvgIpc) is 2.18. The van der Waals surface area contributed by atoms with Gasteiger partial charge >= 0.3 is 5.69 Å². The number of nitrogens with zero attached hydrogens (tertiary/aromatic N) is 1. The first-order valence-corrected chi connectivity index (χ1v) is 5.06. The van der Waals surface area contributed by atoms with Gasteiger partial charge in [0, 0.05) is 17.9 Å². The van der Waals surface area contributed by atoms with Gasteiger partial charge in [0.15, 0.2) is 0 Å². The van der Waals surface area contributed by atoms with Gasteiger partial charge in [-0.2, -0.15) is 4.39 Å². The van der Waals surface area contributed by atoms with Crippen LogP contribution in [0.4, 0.5) is 10.1 Å². The van der Waals surface area contributed by atoms with Crippen LogP contribution in [-0.4, -0.2) is 17.1 Å². The highest BCUT2D eigenvalue weighted by molar-refractivity contribution is 7.97. The van der Waals surface area contributed by atoms with E-state index in [1.165, 1.54) is 6.07 Å². The normalized spacial score (nSPS) is 9.73. The molecular formula is C8H7FN2O3S. The molecule has 7 heteroatoms. The first-order chi connectivity index (χ1) is 7.06. The number of nitro groups is 1. The lowest BCUT2D eigenvalue weighted by Crippen LogP contribution is -2.15. The summed E-state index contributed by atoms with van der Waals surface area (Å²) in [4.78, 5) is 20.8. The number of hydrogen-bond acceptors (Lipinski definition) is 4. The fourth-order valence-electron chi connectivity index (χ4n) is 0.945. The van der Waals surface area contributed by atoms with E-state index in [-0.39, 0.29) is 5.56 Å². The Kier molecular flexibility index (Phi) is 3.62. The Morgan fingerprint density at radius 1 is 1.60 bits per heavy atom. The van der Waals surface area contributed by atoms with Gasteiger partial charge in [-0.25, -0.2) is 0 Å². The molecule has 0 fully saturated rings. The molecule has 0 saturated carbocycles. The maximum absolute atomic E-state index is 12.9. The first kappa shape index (κ1) is 11.4. The maximum atomic E-state index is 12.9. The molecule has 5 nitrogen and oxygen atoms in total. The molecule has 0 aliphatic carbocycles. The van der Waals surface area contributed by atoms with Gasteiger partial charge in [0.2, 0.25) is 5.82 Å². The van der Waals surface area contributed by atoms with E-state index in [2.05, 4.69) is 4.72 Å². The molecule has 0 spiro atoms. The minimum absolute atomic E-state index is 0.0532. The summed E-state index contributed by atoms with van der Waals surface area (Å²) in [6.07, 6.45) is 1.63. The SMILES string of the molecule is CSNC(=O)c1ccc(F)c([N+](=O)[O-])c1. The molecule has 1 rings (SSSR count). The highest BCUT2D eigenvalue weighted by Crippen LogP contribution is 2.18. The van der Waals surface area contributed by atoms with Crippen molar-refractivity contribution in [2.75, 3.05) is 6.26 Å². The van der Waals surface area contributed by atoms with Crippen molar-refractivity contribution in [1.82, 2.24) is 4.72 Å². The Balaban J connectivity index is 3.07. The molecule has 0 aliphatic rings. The van der Waals surface area contributed by atoms with E-state index < -0.39 is 22.3 Å². The first-order valence-electron chi connectivity index (χ1n) is 3.83. The minimum Gasteiger partial charge on any atom is -0.296 e. The van der Waals surface area contributed by atoms with Gasteiger partial charge in [-0.05, 0) is 12.1 Å². The molecule has 1 aromatic carbocycles. The minimum atomic E-state index is -0.958. The highest BCUT2D eigenvalue weighted by Gasteiger charge is 2.16. The summed E-state index contributed by atoms with van der Waals surface area (Å²) in [5.41, 5.74) is -0.652. The number of amides is 1. The standard InChI is InChI=1S/C8H7FN2O3S/c1-15-10-8(12)5-2-3-6(9)7(4-5)11(13)14/h2-4H,1H3,(H,10,12). The molecule has 0 aliphatic heterocycles. The summed E-state index contributed by atoms with van der Waals surface area (Å²) < 4.78 is 15.3. The van der Waals surface area contributed by atoms with Crippen LogP contribution in [0.3, 0.4) is 0 Å². The second-order valence-electron chi connectivity index (χ2n) is 2.56. The van der Waals surface area contributed by atoms with Gasteiger partial charge in [0.25, 0.3) is 5.91 Å². The monoisotopic (exact) mass is 230 g/mol. The molecule has 0 heterocycles. The fraction of sp³-hybridized carbons (Fsp3) is 0.125. The summed E-state index contributed by atoms with van der Waals surface area (Å²) in [6.45, 7) is 0. The third kappa shape index (κ3) is 2.66. The van der Waals surface area contributed by atoms with E-state index in [0.717, 1.165) is 24.1 Å². The topological polar surface area (TPSA) is 72.2 Å². The molecule has 15 heavy (non-hydrogen) atoms. The molecule has 1 aromatic rings. The second kappa shape index (κ2) is 4.74. The number of rotatable bonds is 3. The lowest BCUT2D eigenvalue weighted by Gasteiger charge is -2.01. The fourth-order valence-corrected chi connectivity index (χ4v) is 1.25. The van der Waals surface area contributed by atoms with E-state index in [4.69, 9.17) is 0 Å². The van der Waals surface area contributed by atoms with E-state index in [9.17, 15) is 19.3 Å². The molecule has 0 aromatic heterocycles. The van der Waals surface area contributed by atoms with Gasteiger partial charge < -0.3 is 0 Å². The predicted octanol–water partition coefficient (Wildman–Crippen LogP) is 1.74. The van der Waals surface area contributed by atoms with Gasteiger partial charge in [-0.1, -0.05) is 11.9 Å². The van der Waals surface area contributed by atoms with Crippen LogP contribution < -0.4 is 4.72 Å². The lowest BCUT2D eigenvalue weighted by molar-refractivity contribution is -0.387. The Morgan fingerprint density at radius 2 is 2.27 bits per heavy atom. The Morgan fingerprint density at radius 3 is 2.80 bits per heavy atom. The number of hydrogen-bond donors (Lipinski definition) is 1. The average molecular weight is 230 g/mol.